The molecule has 0 aromatic carbocycles. The molecule has 4 heterocycles. The molecule has 1 aromatic heterocycles. The number of likely N-dealkylation sites (N-methyl/N-ethyl adjacent to an activating group) is 1. The highest BCUT2D eigenvalue weighted by atomic mass is 16.6. The smallest absolute Gasteiger partial charge is 0.202 e. The van der Waals surface area contributed by atoms with E-state index in [0.717, 1.165) is 30.4 Å². The number of hydrogen-bond acceptors (Lipinski definition) is 7. The van der Waals surface area contributed by atoms with Gasteiger partial charge in [-0.05, 0) is 12.1 Å². The summed E-state index contributed by atoms with van der Waals surface area (Å²) in [5.74, 6) is 0.972. The molecule has 116 valence electrons. The molecule has 4 rings (SSSR count). The van der Waals surface area contributed by atoms with E-state index in [0.29, 0.717) is 19.8 Å². The van der Waals surface area contributed by atoms with Crippen molar-refractivity contribution in [1.82, 2.24) is 19.8 Å². The molecule has 0 N–H and O–H groups in total. The third kappa shape index (κ3) is 2.36. The van der Waals surface area contributed by atoms with Crippen molar-refractivity contribution in [3.63, 3.8) is 0 Å². The van der Waals surface area contributed by atoms with Crippen LogP contribution in [0.25, 0.3) is 5.70 Å². The molecule has 7 heteroatoms. The summed E-state index contributed by atoms with van der Waals surface area (Å²) in [5.41, 5.74) is 1.76. The topological polar surface area (TPSA) is 63.1 Å². The molecule has 1 aromatic rings. The fourth-order valence-electron chi connectivity index (χ4n) is 3.12. The highest BCUT2D eigenvalue weighted by molar-refractivity contribution is 5.88. The Morgan fingerprint density at radius 2 is 2.27 bits per heavy atom. The molecule has 0 amide bonds. The summed E-state index contributed by atoms with van der Waals surface area (Å²) in [7, 11) is 2.06. The Balaban J connectivity index is 1.64. The van der Waals surface area contributed by atoms with Crippen LogP contribution in [0.1, 0.15) is 5.69 Å². The van der Waals surface area contributed by atoms with Crippen molar-refractivity contribution >= 4 is 11.7 Å². The van der Waals surface area contributed by atoms with E-state index in [-0.39, 0.29) is 12.1 Å². The summed E-state index contributed by atoms with van der Waals surface area (Å²) in [6.07, 6.45) is 5.54. The second-order valence-corrected chi connectivity index (χ2v) is 5.68. The molecular formula is C15H19N5O2. The summed E-state index contributed by atoms with van der Waals surface area (Å²) < 4.78 is 11.4. The molecule has 0 spiro atoms. The monoisotopic (exact) mass is 301 g/mol. The van der Waals surface area contributed by atoms with Crippen LogP contribution in [0, 0.1) is 0 Å². The van der Waals surface area contributed by atoms with E-state index >= 15 is 0 Å². The van der Waals surface area contributed by atoms with Crippen LogP contribution < -0.4 is 0 Å². The van der Waals surface area contributed by atoms with Crippen molar-refractivity contribution < 1.29 is 9.47 Å². The van der Waals surface area contributed by atoms with E-state index in [1.165, 1.54) is 0 Å². The van der Waals surface area contributed by atoms with Gasteiger partial charge in [0, 0.05) is 26.3 Å². The molecule has 0 unspecified atom stereocenters. The number of aromatic nitrogens is 2. The van der Waals surface area contributed by atoms with Crippen molar-refractivity contribution in [3.8, 4) is 0 Å². The van der Waals surface area contributed by atoms with Crippen molar-refractivity contribution in [1.29, 1.82) is 0 Å². The van der Waals surface area contributed by atoms with E-state index in [2.05, 4.69) is 32.9 Å². The lowest BCUT2D eigenvalue weighted by Gasteiger charge is -2.41. The third-order valence-electron chi connectivity index (χ3n) is 4.29. The van der Waals surface area contributed by atoms with Crippen LogP contribution in [0.4, 0.5) is 0 Å². The molecule has 0 aliphatic carbocycles. The van der Waals surface area contributed by atoms with Gasteiger partial charge in [0.1, 0.15) is 12.4 Å². The number of fused-ring (bicyclic) bond motifs is 1. The molecule has 7 nitrogen and oxygen atoms in total. The number of aliphatic imine (C=N–C) groups is 1. The maximum Gasteiger partial charge on any atom is 0.202 e. The molecule has 2 atom stereocenters. The Bertz CT molecular complexity index is 603. The number of rotatable bonds is 1. The first-order chi connectivity index (χ1) is 10.8. The first kappa shape index (κ1) is 13.7. The van der Waals surface area contributed by atoms with Crippen LogP contribution in [0.15, 0.2) is 29.7 Å². The van der Waals surface area contributed by atoms with Crippen LogP contribution in [0.5, 0.6) is 0 Å². The Hall–Kier alpha value is -1.99. The average molecular weight is 301 g/mol. The SMILES string of the molecule is CN1CC=C(c2ccncn2)N=C1N1CCO[C@H]2COC[C@@H]21. The van der Waals surface area contributed by atoms with Gasteiger partial charge in [0.2, 0.25) is 5.96 Å². The summed E-state index contributed by atoms with van der Waals surface area (Å²) in [5, 5.41) is 0. The first-order valence-electron chi connectivity index (χ1n) is 7.55. The van der Waals surface area contributed by atoms with E-state index in [1.807, 2.05) is 6.07 Å². The summed E-state index contributed by atoms with van der Waals surface area (Å²) in [4.78, 5) is 17.6. The normalized spacial score (nSPS) is 28.2. The number of hydrogen-bond donors (Lipinski definition) is 0. The van der Waals surface area contributed by atoms with Crippen LogP contribution in [0.3, 0.4) is 0 Å². The van der Waals surface area contributed by atoms with Gasteiger partial charge >= 0.3 is 0 Å². The van der Waals surface area contributed by atoms with Gasteiger partial charge in [-0.2, -0.15) is 0 Å². The van der Waals surface area contributed by atoms with E-state index in [1.54, 1.807) is 12.5 Å². The van der Waals surface area contributed by atoms with Gasteiger partial charge in [0.25, 0.3) is 0 Å². The Labute approximate surface area is 129 Å². The molecule has 0 radical (unpaired) electrons. The maximum atomic E-state index is 5.79. The quantitative estimate of drug-likeness (QED) is 0.739. The molecule has 2 saturated heterocycles. The van der Waals surface area contributed by atoms with E-state index in [4.69, 9.17) is 14.5 Å². The van der Waals surface area contributed by atoms with Gasteiger partial charge in [-0.15, -0.1) is 0 Å². The molecule has 3 aliphatic heterocycles. The fraction of sp³-hybridized carbons (Fsp3) is 0.533. The third-order valence-corrected chi connectivity index (χ3v) is 4.29. The highest BCUT2D eigenvalue weighted by Gasteiger charge is 2.39. The Morgan fingerprint density at radius 1 is 1.32 bits per heavy atom. The minimum Gasteiger partial charge on any atom is -0.376 e. The van der Waals surface area contributed by atoms with Gasteiger partial charge in [0.15, 0.2) is 0 Å². The lowest BCUT2D eigenvalue weighted by molar-refractivity contribution is -0.0265. The lowest BCUT2D eigenvalue weighted by atomic mass is 10.1. The van der Waals surface area contributed by atoms with Gasteiger partial charge < -0.3 is 19.3 Å². The predicted octanol–water partition coefficient (Wildman–Crippen LogP) is 0.218. The van der Waals surface area contributed by atoms with Gasteiger partial charge in [-0.1, -0.05) is 0 Å². The molecule has 0 saturated carbocycles. The van der Waals surface area contributed by atoms with E-state index < -0.39 is 0 Å². The zero-order valence-corrected chi connectivity index (χ0v) is 12.6. The Kier molecular flexibility index (Phi) is 3.51. The van der Waals surface area contributed by atoms with Crippen LogP contribution >= 0.6 is 0 Å². The lowest BCUT2D eigenvalue weighted by Crippen LogP contribution is -2.57. The highest BCUT2D eigenvalue weighted by Crippen LogP contribution is 2.25. The van der Waals surface area contributed by atoms with Crippen molar-refractivity contribution in [2.45, 2.75) is 12.1 Å². The average Bonchev–Trinajstić information content (AvgIpc) is 3.05. The predicted molar refractivity (Wildman–Crippen MR) is 81.1 cm³/mol. The number of guanidine groups is 1. The molecular weight excluding hydrogens is 282 g/mol. The maximum absolute atomic E-state index is 5.79. The zero-order valence-electron chi connectivity index (χ0n) is 12.6. The first-order valence-corrected chi connectivity index (χ1v) is 7.55. The fourth-order valence-corrected chi connectivity index (χ4v) is 3.12. The Morgan fingerprint density at radius 3 is 3.14 bits per heavy atom. The molecule has 0 bridgehead atoms. The number of nitrogens with zero attached hydrogens (tertiary/aromatic N) is 5. The van der Waals surface area contributed by atoms with Crippen LogP contribution in [-0.2, 0) is 9.47 Å². The number of morpholine rings is 1. The van der Waals surface area contributed by atoms with Gasteiger partial charge in [-0.25, -0.2) is 15.0 Å². The largest absolute Gasteiger partial charge is 0.376 e. The van der Waals surface area contributed by atoms with Crippen LogP contribution in [-0.4, -0.2) is 77.8 Å². The summed E-state index contributed by atoms with van der Waals surface area (Å²) in [6.45, 7) is 3.74. The standard InChI is InChI=1S/C15H19N5O2/c1-19-5-3-12(11-2-4-16-10-17-11)18-15(19)20-6-7-22-14-9-21-8-13(14)20/h2-4,10,13-14H,5-9H2,1H3/t13-,14-/m0/s1. The molecule has 2 fully saturated rings. The minimum absolute atomic E-state index is 0.151. The summed E-state index contributed by atoms with van der Waals surface area (Å²) in [6, 6.07) is 2.14. The summed E-state index contributed by atoms with van der Waals surface area (Å²) >= 11 is 0. The second-order valence-electron chi connectivity index (χ2n) is 5.68. The second kappa shape index (κ2) is 5.66. The van der Waals surface area contributed by atoms with Crippen molar-refractivity contribution in [3.05, 3.63) is 30.4 Å². The van der Waals surface area contributed by atoms with Crippen molar-refractivity contribution in [2.24, 2.45) is 4.99 Å². The van der Waals surface area contributed by atoms with Crippen LogP contribution in [0.2, 0.25) is 0 Å². The minimum atomic E-state index is 0.151. The zero-order chi connectivity index (χ0) is 14.9. The van der Waals surface area contributed by atoms with E-state index in [9.17, 15) is 0 Å². The number of ether oxygens (including phenoxy) is 2. The van der Waals surface area contributed by atoms with Gasteiger partial charge in [0.05, 0.1) is 37.3 Å². The van der Waals surface area contributed by atoms with Crippen molar-refractivity contribution in [2.75, 3.05) is 40.0 Å². The van der Waals surface area contributed by atoms with Gasteiger partial charge in [-0.3, -0.25) is 0 Å². The molecule has 3 aliphatic rings. The molecule has 22 heavy (non-hydrogen) atoms.